The normalized spacial score (nSPS) is 12.8. The fourth-order valence-electron chi connectivity index (χ4n) is 13.2. The highest BCUT2D eigenvalue weighted by atomic mass is 35.5. The van der Waals surface area contributed by atoms with Crippen LogP contribution in [0.15, 0.2) is 130 Å². The molecule has 3 aliphatic carbocycles. The van der Waals surface area contributed by atoms with Crippen LogP contribution in [-0.4, -0.2) is 143 Å². The van der Waals surface area contributed by atoms with Crippen molar-refractivity contribution >= 4 is 117 Å². The number of aryl methyl sites for hydroxylation is 2. The Morgan fingerprint density at radius 3 is 1.16 bits per heavy atom. The van der Waals surface area contributed by atoms with Crippen molar-refractivity contribution in [2.75, 3.05) is 0 Å². The number of carboxylic acids is 1. The largest absolute Gasteiger partial charge is 0.476 e. The molecule has 4 N–H and O–H groups in total. The van der Waals surface area contributed by atoms with Crippen molar-refractivity contribution in [2.45, 2.75) is 142 Å². The number of amides is 2. The molecule has 3 aliphatic rings. The number of imidazole rings is 6. The highest BCUT2D eigenvalue weighted by Crippen LogP contribution is 2.43. The zero-order chi connectivity index (χ0) is 82.6. The molecule has 15 aromatic rings. The third kappa shape index (κ3) is 19.6. The van der Waals surface area contributed by atoms with Crippen molar-refractivity contribution < 1.29 is 61.4 Å². The van der Waals surface area contributed by atoms with E-state index in [0.717, 1.165) is 66.8 Å². The quantitative estimate of drug-likeness (QED) is 0.0305. The highest BCUT2D eigenvalue weighted by Gasteiger charge is 2.29. The molecule has 0 aliphatic heterocycles. The summed E-state index contributed by atoms with van der Waals surface area (Å²) in [6.07, 6.45) is 38.1. The van der Waals surface area contributed by atoms with Gasteiger partial charge in [0.15, 0.2) is 34.5 Å². The average molecular weight is 1680 g/mol. The Hall–Kier alpha value is -12.9. The Balaban J connectivity index is 0.000000138. The van der Waals surface area contributed by atoms with E-state index in [9.17, 15) is 32.3 Å². The third-order valence-electron chi connectivity index (χ3n) is 18.9. The van der Waals surface area contributed by atoms with E-state index in [2.05, 4.69) is 114 Å². The summed E-state index contributed by atoms with van der Waals surface area (Å²) in [6, 6.07) is 11.0. The van der Waals surface area contributed by atoms with Gasteiger partial charge in [0.2, 0.25) is 0 Å². The van der Waals surface area contributed by atoms with Crippen LogP contribution in [0.3, 0.4) is 0 Å². The summed E-state index contributed by atoms with van der Waals surface area (Å²) in [6.45, 7) is 6.29. The van der Waals surface area contributed by atoms with Gasteiger partial charge in [-0.1, -0.05) is 89.3 Å². The summed E-state index contributed by atoms with van der Waals surface area (Å²) in [4.78, 5) is 108. The minimum atomic E-state index is -1.07. The number of nitrogens with zero attached hydrogens (tertiary/aromatic N) is 21. The number of carbonyl (C=O) groups excluding carboxylic acids is 7. The number of carbonyl (C=O) groups is 4. The second-order valence-corrected chi connectivity index (χ2v) is 28.8. The van der Waals surface area contributed by atoms with Crippen LogP contribution in [0, 0.1) is 17.5 Å². The summed E-state index contributed by atoms with van der Waals surface area (Å²) in [5, 5.41) is 38.0. The Labute approximate surface area is 679 Å². The predicted molar refractivity (Wildman–Crippen MR) is 410 cm³/mol. The van der Waals surface area contributed by atoms with Gasteiger partial charge in [0.1, 0.15) is 40.1 Å². The van der Waals surface area contributed by atoms with Gasteiger partial charge in [-0.05, 0) is 133 Å². The molecule has 34 nitrogen and oxygen atoms in total. The summed E-state index contributed by atoms with van der Waals surface area (Å²) in [5.41, 5.74) is 14.6. The van der Waals surface area contributed by atoms with Crippen molar-refractivity contribution in [3.63, 3.8) is 0 Å². The highest BCUT2D eigenvalue weighted by molar-refractivity contribution is 6.31. The number of hydrogen-bond acceptors (Lipinski definition) is 22. The Morgan fingerprint density at radius 1 is 0.504 bits per heavy atom. The second kappa shape index (κ2) is 37.2. The molecular formula is C76H69Cl4F3N24O10. The van der Waals surface area contributed by atoms with E-state index in [1.807, 2.05) is 35.3 Å². The van der Waals surface area contributed by atoms with Gasteiger partial charge in [-0.2, -0.15) is 19.2 Å². The number of nitrogens with one attached hydrogen (secondary N) is 3. The lowest BCUT2D eigenvalue weighted by Gasteiger charge is -2.06. The molecule has 0 bridgehead atoms. The number of rotatable bonds is 25. The molecule has 15 aromatic heterocycles. The van der Waals surface area contributed by atoms with Crippen LogP contribution in [0.1, 0.15) is 182 Å². The Bertz CT molecular complexity index is 6230. The topological polar surface area (TPSA) is 398 Å². The minimum Gasteiger partial charge on any atom is -0.476 e. The Morgan fingerprint density at radius 2 is 0.838 bits per heavy atom. The lowest BCUT2D eigenvalue weighted by Crippen LogP contribution is -2.23. The van der Waals surface area contributed by atoms with E-state index in [1.54, 1.807) is 33.9 Å². The summed E-state index contributed by atoms with van der Waals surface area (Å²) in [7, 11) is 0. The molecule has 117 heavy (non-hydrogen) atoms. The average Bonchev–Trinajstić information content (AvgIpc) is 2.09. The zero-order valence-corrected chi connectivity index (χ0v) is 65.1. The van der Waals surface area contributed by atoms with Gasteiger partial charge in [-0.3, -0.25) is 14.4 Å². The monoisotopic (exact) mass is 1670 g/mol. The van der Waals surface area contributed by atoms with Gasteiger partial charge in [0, 0.05) is 61.3 Å². The lowest BCUT2D eigenvalue weighted by molar-refractivity contribution is -0.193. The van der Waals surface area contributed by atoms with Gasteiger partial charge < -0.3 is 46.9 Å². The van der Waals surface area contributed by atoms with Crippen LogP contribution in [0.4, 0.5) is 13.2 Å². The number of halogens is 7. The van der Waals surface area contributed by atoms with E-state index in [4.69, 9.17) is 85.6 Å². The van der Waals surface area contributed by atoms with Gasteiger partial charge in [-0.15, -0.1) is 15.3 Å². The SMILES string of the molecule is CCCc1cc(C2CC2)cn2cc(Cn3cc(C(=O)NCc4ncn5ccc(Cl)c(F)c45)nn3)nc12.CCCc1cc(C2CC2)cn2cc(Cn3cc(C(=O)O)nn3)nc12.Fc1c(Cl)ccn2cnc(CNCl)c12.O=C=O.O=C=O.O=COCc1cc(C2CC2)cn2cc(Cn3cc(C(=O)NCc4ncn5ccc(Cl)c(F)c45)nn3)nc12. The fourth-order valence-corrected chi connectivity index (χ4v) is 13.7. The molecule has 0 aromatic carbocycles. The molecule has 3 fully saturated rings. The number of hydrogen-bond donors (Lipinski definition) is 4. The first-order valence-electron chi connectivity index (χ1n) is 36.5. The summed E-state index contributed by atoms with van der Waals surface area (Å²) < 4.78 is 62.7. The number of ether oxygens (including phenoxy) is 1. The summed E-state index contributed by atoms with van der Waals surface area (Å²) >= 11 is 22.7. The lowest BCUT2D eigenvalue weighted by atomic mass is 10.1. The maximum atomic E-state index is 14.4. The van der Waals surface area contributed by atoms with Crippen LogP contribution < -0.4 is 15.5 Å². The molecule has 602 valence electrons. The number of pyridine rings is 6. The molecule has 3 saturated carbocycles. The first-order valence-corrected chi connectivity index (χ1v) is 38.0. The maximum Gasteiger partial charge on any atom is 0.373 e. The first kappa shape index (κ1) is 82.1. The second-order valence-electron chi connectivity index (χ2n) is 27.3. The smallest absolute Gasteiger partial charge is 0.373 e. The molecule has 41 heteroatoms. The molecule has 0 atom stereocenters. The molecule has 0 spiro atoms. The van der Waals surface area contributed by atoms with Crippen molar-refractivity contribution in [2.24, 2.45) is 0 Å². The predicted octanol–water partition coefficient (Wildman–Crippen LogP) is 10.8. The van der Waals surface area contributed by atoms with Crippen molar-refractivity contribution in [1.82, 2.24) is 117 Å². The van der Waals surface area contributed by atoms with Gasteiger partial charge in [0.25, 0.3) is 18.3 Å². The molecule has 0 unspecified atom stereocenters. The number of fused-ring (bicyclic) bond motifs is 6. The molecule has 15 heterocycles. The van der Waals surface area contributed by atoms with E-state index >= 15 is 0 Å². The van der Waals surface area contributed by atoms with E-state index < -0.39 is 35.2 Å². The van der Waals surface area contributed by atoms with E-state index in [1.165, 1.54) is 121 Å². The van der Waals surface area contributed by atoms with Gasteiger partial charge in [-0.25, -0.2) is 66.8 Å². The van der Waals surface area contributed by atoms with Gasteiger partial charge in [0.05, 0.1) is 126 Å². The molecule has 2 amide bonds. The Kier molecular flexibility index (Phi) is 26.1. The van der Waals surface area contributed by atoms with Crippen molar-refractivity contribution in [3.05, 3.63) is 247 Å². The maximum absolute atomic E-state index is 14.4. The molecule has 0 saturated heterocycles. The summed E-state index contributed by atoms with van der Waals surface area (Å²) in [5.74, 6) is -1.75. The molecular weight excluding hydrogens is 1610 g/mol. The van der Waals surface area contributed by atoms with Gasteiger partial charge >= 0.3 is 18.3 Å². The first-order chi connectivity index (χ1) is 56.7. The number of aromatic carboxylic acids is 1. The minimum absolute atomic E-state index is 0.00366. The third-order valence-corrected chi connectivity index (χ3v) is 19.9. The number of carboxylic acid groups (broad SMARTS) is 1. The van der Waals surface area contributed by atoms with E-state index in [0.29, 0.717) is 71.3 Å². The fraction of sp³-hybridized carbons (Fsp3) is 0.289. The van der Waals surface area contributed by atoms with Crippen LogP contribution in [-0.2, 0) is 87.4 Å². The van der Waals surface area contributed by atoms with Crippen LogP contribution in [0.5, 0.6) is 0 Å². The van der Waals surface area contributed by atoms with Crippen LogP contribution in [0.25, 0.3) is 33.5 Å². The molecule has 0 radical (unpaired) electrons. The number of aromatic nitrogens is 21. The van der Waals surface area contributed by atoms with Crippen molar-refractivity contribution in [3.8, 4) is 0 Å². The zero-order valence-electron chi connectivity index (χ0n) is 62.1. The van der Waals surface area contributed by atoms with Crippen LogP contribution in [0.2, 0.25) is 15.1 Å². The van der Waals surface area contributed by atoms with Crippen molar-refractivity contribution in [1.29, 1.82) is 0 Å². The molecule has 18 rings (SSSR count). The van der Waals surface area contributed by atoms with E-state index in [-0.39, 0.29) is 88.3 Å². The van der Waals surface area contributed by atoms with Crippen LogP contribution >= 0.6 is 46.6 Å². The standard InChI is InChI=1S/C25H24ClFN8O.C24H20ClFN8O3.C17H19N5O2.C8H6Cl2FN3.2CO2/c1-2-3-16-8-17(15-4-5-15)10-34-11-18(30-24(16)34)12-35-13-21(31-32-35)25(36)28-9-20-23-22(27)19(26)6-7-33(23)14-29-20;25-18-3-4-32-12-28-19(22(32)21(18)26)6-27-24(36)20-10-34(31-30-20)9-17-8-33-7-15(14-1-2-14)5-16(11-37-13-35)23(33)29-17;1-2-3-12-6-13(11-4-5-11)7-21-8-14(18-16(12)21)9-22-10-15(17(23)24)19-20-22;9-5-1-2-14-4-12-6(3-13-10)8(14)7(5)11;2*2-1-3/h6-8,10-11,13-15H,2-5,9,12H2,1H3,(H,28,36);3-5,7-8,10,12-14H,1-2,6,9,11H2,(H,27,36);6-8,10-11H,2-5,9H2,1H3,(H,23,24);1-2,4,13H,3H2;;.